The van der Waals surface area contributed by atoms with Crippen LogP contribution in [0.1, 0.15) is 19.8 Å². The molecule has 38 heavy (non-hydrogen) atoms. The molecule has 0 amide bonds. The molecule has 198 valence electrons. The number of hydrogen-bond acceptors (Lipinski definition) is 8. The zero-order chi connectivity index (χ0) is 26.4. The molecule has 2 aliphatic rings. The minimum Gasteiger partial charge on any atom is -0.508 e. The third-order valence-electron chi connectivity index (χ3n) is 7.62. The van der Waals surface area contributed by atoms with Crippen molar-refractivity contribution in [3.05, 3.63) is 47.2 Å². The summed E-state index contributed by atoms with van der Waals surface area (Å²) in [6.45, 7) is 5.92. The molecule has 0 saturated carbocycles. The number of nitrogens with one attached hydrogen (secondary N) is 1. The molecule has 4 aromatic rings. The van der Waals surface area contributed by atoms with Gasteiger partial charge in [0.2, 0.25) is 0 Å². The number of pyridine rings is 1. The molecule has 4 heterocycles. The Hall–Kier alpha value is -3.27. The van der Waals surface area contributed by atoms with Gasteiger partial charge in [0.05, 0.1) is 5.39 Å². The molecular weight excluding hydrogens is 507 g/mol. The summed E-state index contributed by atoms with van der Waals surface area (Å²) in [5, 5.41) is 16.0. The molecular formula is C28H30ClFN6O2. The second-order valence-electron chi connectivity index (χ2n) is 10.2. The maximum absolute atomic E-state index is 15.8. The van der Waals surface area contributed by atoms with E-state index in [9.17, 15) is 5.11 Å². The summed E-state index contributed by atoms with van der Waals surface area (Å²) in [5.41, 5.74) is 0.789. The number of aromatic nitrogens is 3. The van der Waals surface area contributed by atoms with Crippen LogP contribution in [0.4, 0.5) is 10.2 Å². The number of fused-ring (bicyclic) bond motifs is 2. The van der Waals surface area contributed by atoms with E-state index in [1.165, 1.54) is 12.1 Å². The number of aromatic hydroxyl groups is 1. The first-order valence-corrected chi connectivity index (χ1v) is 13.4. The largest absolute Gasteiger partial charge is 0.508 e. The number of benzene rings is 2. The molecule has 8 nitrogen and oxygen atoms in total. The average Bonchev–Trinajstić information content (AvgIpc) is 3.31. The maximum Gasteiger partial charge on any atom is 0.320 e. The van der Waals surface area contributed by atoms with Crippen LogP contribution in [0.15, 0.2) is 36.4 Å². The molecule has 2 aliphatic heterocycles. The maximum atomic E-state index is 15.8. The highest BCUT2D eigenvalue weighted by molar-refractivity contribution is 6.36. The lowest BCUT2D eigenvalue weighted by Crippen LogP contribution is -2.50. The third-order valence-corrected chi connectivity index (χ3v) is 7.93. The van der Waals surface area contributed by atoms with Crippen molar-refractivity contribution < 1.29 is 14.2 Å². The van der Waals surface area contributed by atoms with Gasteiger partial charge in [-0.3, -0.25) is 0 Å². The first kappa shape index (κ1) is 25.0. The Morgan fingerprint density at radius 2 is 2.05 bits per heavy atom. The molecule has 2 fully saturated rings. The lowest BCUT2D eigenvalue weighted by atomic mass is 10.0. The summed E-state index contributed by atoms with van der Waals surface area (Å²) in [6, 6.07) is 10.5. The summed E-state index contributed by atoms with van der Waals surface area (Å²) in [5.74, 6) is 0.0625. The van der Waals surface area contributed by atoms with Crippen molar-refractivity contribution in [3.63, 3.8) is 0 Å². The van der Waals surface area contributed by atoms with Crippen molar-refractivity contribution in [1.29, 1.82) is 0 Å². The summed E-state index contributed by atoms with van der Waals surface area (Å²) >= 11 is 6.52. The first-order valence-electron chi connectivity index (χ1n) is 13.0. The minimum atomic E-state index is -0.543. The second-order valence-corrected chi connectivity index (χ2v) is 10.6. The van der Waals surface area contributed by atoms with Crippen molar-refractivity contribution in [3.8, 4) is 23.0 Å². The summed E-state index contributed by atoms with van der Waals surface area (Å²) in [7, 11) is 2.09. The molecule has 0 radical (unpaired) electrons. The normalized spacial score (nSPS) is 20.5. The lowest BCUT2D eigenvalue weighted by Gasteiger charge is -2.35. The highest BCUT2D eigenvalue weighted by Gasteiger charge is 2.27. The smallest absolute Gasteiger partial charge is 0.320 e. The zero-order valence-electron chi connectivity index (χ0n) is 21.4. The average molecular weight is 537 g/mol. The number of halogens is 2. The number of phenolic OH excluding ortho intramolecular Hbond substituents is 1. The fourth-order valence-corrected chi connectivity index (χ4v) is 5.82. The van der Waals surface area contributed by atoms with Gasteiger partial charge in [0.25, 0.3) is 0 Å². The number of likely N-dealkylation sites (N-methyl/N-ethyl adjacent to an activating group) is 1. The van der Waals surface area contributed by atoms with Crippen LogP contribution >= 0.6 is 11.6 Å². The van der Waals surface area contributed by atoms with E-state index in [0.717, 1.165) is 32.5 Å². The van der Waals surface area contributed by atoms with E-state index in [2.05, 4.69) is 39.1 Å². The fourth-order valence-electron chi connectivity index (χ4n) is 5.54. The van der Waals surface area contributed by atoms with E-state index in [1.54, 1.807) is 18.2 Å². The quantitative estimate of drug-likeness (QED) is 0.382. The fraction of sp³-hybridized carbons (Fsp3) is 0.393. The molecule has 2 aromatic carbocycles. The number of ether oxygens (including phenoxy) is 1. The van der Waals surface area contributed by atoms with Crippen LogP contribution in [-0.4, -0.2) is 76.9 Å². The van der Waals surface area contributed by atoms with Crippen LogP contribution in [0, 0.1) is 5.82 Å². The van der Waals surface area contributed by atoms with Crippen LogP contribution in [-0.2, 0) is 0 Å². The molecule has 0 unspecified atom stereocenters. The van der Waals surface area contributed by atoms with Gasteiger partial charge >= 0.3 is 6.01 Å². The van der Waals surface area contributed by atoms with Gasteiger partial charge in [-0.25, -0.2) is 9.37 Å². The zero-order valence-corrected chi connectivity index (χ0v) is 22.2. The van der Waals surface area contributed by atoms with Crippen LogP contribution in [0.3, 0.4) is 0 Å². The highest BCUT2D eigenvalue weighted by Crippen LogP contribution is 2.39. The number of anilines is 1. The Bertz CT molecular complexity index is 1520. The van der Waals surface area contributed by atoms with Gasteiger partial charge in [-0.15, -0.1) is 0 Å². The van der Waals surface area contributed by atoms with Crippen molar-refractivity contribution >= 4 is 39.2 Å². The molecule has 2 N–H and O–H groups in total. The van der Waals surface area contributed by atoms with Gasteiger partial charge in [0.1, 0.15) is 29.7 Å². The number of rotatable bonds is 5. The number of hydrogen-bond donors (Lipinski definition) is 2. The van der Waals surface area contributed by atoms with Crippen molar-refractivity contribution in [2.24, 2.45) is 0 Å². The van der Waals surface area contributed by atoms with E-state index >= 15 is 4.39 Å². The second kappa shape index (κ2) is 10.1. The molecule has 0 aliphatic carbocycles. The van der Waals surface area contributed by atoms with Crippen LogP contribution in [0.2, 0.25) is 5.02 Å². The van der Waals surface area contributed by atoms with E-state index < -0.39 is 5.82 Å². The lowest BCUT2D eigenvalue weighted by molar-refractivity contribution is 0.188. The third kappa shape index (κ3) is 4.59. The van der Waals surface area contributed by atoms with Crippen LogP contribution in [0.25, 0.3) is 33.1 Å². The van der Waals surface area contributed by atoms with Crippen molar-refractivity contribution in [1.82, 2.24) is 25.2 Å². The number of nitrogens with zero attached hydrogens (tertiary/aromatic N) is 5. The molecule has 2 atom stereocenters. The van der Waals surface area contributed by atoms with Gasteiger partial charge in [0.15, 0.2) is 5.65 Å². The molecule has 2 aromatic heterocycles. The Morgan fingerprint density at radius 3 is 2.84 bits per heavy atom. The van der Waals surface area contributed by atoms with Gasteiger partial charge in [0, 0.05) is 47.7 Å². The molecule has 10 heteroatoms. The molecule has 0 bridgehead atoms. The van der Waals surface area contributed by atoms with Gasteiger partial charge < -0.3 is 25.0 Å². The summed E-state index contributed by atoms with van der Waals surface area (Å²) < 4.78 is 21.9. The van der Waals surface area contributed by atoms with Gasteiger partial charge in [-0.2, -0.15) is 9.97 Å². The summed E-state index contributed by atoms with van der Waals surface area (Å²) in [6.07, 6.45) is 2.20. The Labute approximate surface area is 225 Å². The van der Waals surface area contributed by atoms with Gasteiger partial charge in [-0.05, 0) is 63.0 Å². The van der Waals surface area contributed by atoms with Gasteiger partial charge in [-0.1, -0.05) is 23.7 Å². The predicted octanol–water partition coefficient (Wildman–Crippen LogP) is 4.61. The number of phenols is 1. The Morgan fingerprint density at radius 1 is 1.18 bits per heavy atom. The van der Waals surface area contributed by atoms with E-state index in [0.29, 0.717) is 57.4 Å². The Kier molecular flexibility index (Phi) is 6.67. The summed E-state index contributed by atoms with van der Waals surface area (Å²) in [4.78, 5) is 18.5. The SMILES string of the molecule is C[C@@H]1CNCCN1c1nc(OC[C@@H]2CCCN2C)nc2nc(-c3cc(O)cc4cccc(Cl)c34)c(F)cc12. The topological polar surface area (TPSA) is 86.6 Å². The number of likely N-dealkylation sites (tertiary alicyclic amines) is 1. The van der Waals surface area contributed by atoms with Crippen LogP contribution < -0.4 is 15.0 Å². The molecule has 2 saturated heterocycles. The Balaban J connectivity index is 1.51. The van der Waals surface area contributed by atoms with E-state index in [1.807, 2.05) is 6.07 Å². The van der Waals surface area contributed by atoms with Crippen molar-refractivity contribution in [2.45, 2.75) is 31.8 Å². The van der Waals surface area contributed by atoms with E-state index in [4.69, 9.17) is 21.3 Å². The minimum absolute atomic E-state index is 0.00112. The highest BCUT2D eigenvalue weighted by atomic mass is 35.5. The van der Waals surface area contributed by atoms with Crippen molar-refractivity contribution in [2.75, 3.05) is 44.7 Å². The first-order chi connectivity index (χ1) is 18.4. The molecule has 0 spiro atoms. The van der Waals surface area contributed by atoms with Crippen LogP contribution in [0.5, 0.6) is 11.8 Å². The molecule has 6 rings (SSSR count). The standard InChI is InChI=1S/C28H30ClFN6O2/c1-16-14-31-8-10-36(16)27-21-13-23(30)25(20-12-19(37)11-17-5-3-7-22(29)24(17)20)32-26(21)33-28(34-27)38-15-18-6-4-9-35(18)2/h3,5,7,11-13,16,18,31,37H,4,6,8-10,14-15H2,1-2H3/t16-,18+/m1/s1. The number of piperazine rings is 1. The van der Waals surface area contributed by atoms with E-state index in [-0.39, 0.29) is 23.5 Å². The monoisotopic (exact) mass is 536 g/mol. The predicted molar refractivity (Wildman–Crippen MR) is 148 cm³/mol.